The Kier molecular flexibility index (Phi) is 2.00. The molecule has 0 unspecified atom stereocenters. The summed E-state index contributed by atoms with van der Waals surface area (Å²) in [7, 11) is 0. The summed E-state index contributed by atoms with van der Waals surface area (Å²) in [6.07, 6.45) is 11.3. The fraction of sp³-hybridized carbons (Fsp3) is 0.400. The molecular weight excluding hydrogens is 148 g/mol. The molecule has 0 amide bonds. The highest BCUT2D eigenvalue weighted by Gasteiger charge is 2.14. The number of nitrogens with two attached hydrogens (primary N) is 1. The molecule has 2 heteroatoms. The van der Waals surface area contributed by atoms with Crippen LogP contribution >= 0.6 is 0 Å². The highest BCUT2D eigenvalue weighted by atomic mass is 15.2. The number of hydrogen-bond donors (Lipinski definition) is 2. The quantitative estimate of drug-likeness (QED) is 0.455. The van der Waals surface area contributed by atoms with Gasteiger partial charge in [0.2, 0.25) is 0 Å². The van der Waals surface area contributed by atoms with E-state index >= 15 is 0 Å². The van der Waals surface area contributed by atoms with Gasteiger partial charge in [-0.2, -0.15) is 0 Å². The van der Waals surface area contributed by atoms with Crippen LogP contribution in [0.15, 0.2) is 35.1 Å². The maximum atomic E-state index is 5.42. The molecular formula is C10H14N2. The molecule has 12 heavy (non-hydrogen) atoms. The van der Waals surface area contributed by atoms with E-state index in [2.05, 4.69) is 23.7 Å². The van der Waals surface area contributed by atoms with Crippen LogP contribution in [0.5, 0.6) is 0 Å². The maximum absolute atomic E-state index is 5.42. The van der Waals surface area contributed by atoms with E-state index in [4.69, 9.17) is 5.84 Å². The van der Waals surface area contributed by atoms with E-state index in [0.29, 0.717) is 0 Å². The average molecular weight is 162 g/mol. The van der Waals surface area contributed by atoms with Gasteiger partial charge < -0.3 is 5.43 Å². The van der Waals surface area contributed by atoms with E-state index in [1.807, 2.05) is 0 Å². The summed E-state index contributed by atoms with van der Waals surface area (Å²) in [5.41, 5.74) is 6.75. The van der Waals surface area contributed by atoms with Gasteiger partial charge in [-0.05, 0) is 31.3 Å². The normalized spacial score (nSPS) is 21.9. The Morgan fingerprint density at radius 2 is 2.08 bits per heavy atom. The number of rotatable bonds is 1. The van der Waals surface area contributed by atoms with E-state index in [1.165, 1.54) is 24.8 Å². The molecule has 0 saturated heterocycles. The van der Waals surface area contributed by atoms with Crippen LogP contribution in [0, 0.1) is 0 Å². The van der Waals surface area contributed by atoms with Gasteiger partial charge in [-0.3, -0.25) is 5.84 Å². The second-order valence-corrected chi connectivity index (χ2v) is 3.26. The van der Waals surface area contributed by atoms with Crippen molar-refractivity contribution >= 4 is 0 Å². The standard InChI is InChI=1S/C10H14N2/c11-12-10-7-3-5-8-4-1-2-6-9(8)10/h2,6-7,12H,1,3-5,11H2. The molecule has 0 aromatic heterocycles. The molecule has 0 radical (unpaired) electrons. The first-order chi connectivity index (χ1) is 5.92. The fourth-order valence-electron chi connectivity index (χ4n) is 1.89. The highest BCUT2D eigenvalue weighted by molar-refractivity contribution is 5.46. The Morgan fingerprint density at radius 3 is 2.92 bits per heavy atom. The molecule has 0 aliphatic heterocycles. The lowest BCUT2D eigenvalue weighted by Gasteiger charge is -2.21. The van der Waals surface area contributed by atoms with Crippen molar-refractivity contribution in [2.24, 2.45) is 5.84 Å². The van der Waals surface area contributed by atoms with Crippen LogP contribution in [0.4, 0.5) is 0 Å². The van der Waals surface area contributed by atoms with Crippen molar-refractivity contribution in [3.8, 4) is 0 Å². The third kappa shape index (κ3) is 1.18. The molecule has 0 spiro atoms. The zero-order valence-electron chi connectivity index (χ0n) is 7.14. The molecule has 2 aliphatic rings. The lowest BCUT2D eigenvalue weighted by molar-refractivity contribution is 0.779. The summed E-state index contributed by atoms with van der Waals surface area (Å²) in [6.45, 7) is 0. The van der Waals surface area contributed by atoms with Crippen molar-refractivity contribution in [1.29, 1.82) is 0 Å². The Morgan fingerprint density at radius 1 is 1.25 bits per heavy atom. The van der Waals surface area contributed by atoms with Gasteiger partial charge in [0, 0.05) is 0 Å². The SMILES string of the molecule is NNC1=CCCC2=C1C=CCC2. The van der Waals surface area contributed by atoms with E-state index < -0.39 is 0 Å². The number of allylic oxidation sites excluding steroid dienone is 4. The van der Waals surface area contributed by atoms with Gasteiger partial charge >= 0.3 is 0 Å². The van der Waals surface area contributed by atoms with Crippen molar-refractivity contribution in [1.82, 2.24) is 5.43 Å². The minimum atomic E-state index is 1.10. The first kappa shape index (κ1) is 7.62. The fourth-order valence-corrected chi connectivity index (χ4v) is 1.89. The van der Waals surface area contributed by atoms with E-state index in [9.17, 15) is 0 Å². The van der Waals surface area contributed by atoms with E-state index in [-0.39, 0.29) is 0 Å². The second-order valence-electron chi connectivity index (χ2n) is 3.26. The first-order valence-electron chi connectivity index (χ1n) is 4.47. The molecule has 0 atom stereocenters. The molecule has 3 N–H and O–H groups in total. The molecule has 2 nitrogen and oxygen atoms in total. The average Bonchev–Trinajstić information content (AvgIpc) is 2.17. The maximum Gasteiger partial charge on any atom is 0.0517 e. The van der Waals surface area contributed by atoms with E-state index in [0.717, 1.165) is 12.1 Å². The third-order valence-electron chi connectivity index (χ3n) is 2.52. The summed E-state index contributed by atoms with van der Waals surface area (Å²) in [5, 5.41) is 0. The van der Waals surface area contributed by atoms with Gasteiger partial charge in [-0.15, -0.1) is 0 Å². The van der Waals surface area contributed by atoms with Crippen LogP contribution in [0.25, 0.3) is 0 Å². The molecule has 0 heterocycles. The summed E-state index contributed by atoms with van der Waals surface area (Å²) in [5.74, 6) is 5.42. The van der Waals surface area contributed by atoms with Gasteiger partial charge in [0.15, 0.2) is 0 Å². The van der Waals surface area contributed by atoms with Crippen molar-refractivity contribution in [3.63, 3.8) is 0 Å². The van der Waals surface area contributed by atoms with E-state index in [1.54, 1.807) is 5.57 Å². The Bertz CT molecular complexity index is 268. The summed E-state index contributed by atoms with van der Waals surface area (Å²) >= 11 is 0. The number of nitrogens with one attached hydrogen (secondary N) is 1. The van der Waals surface area contributed by atoms with Crippen molar-refractivity contribution in [3.05, 3.63) is 35.1 Å². The smallest absolute Gasteiger partial charge is 0.0517 e. The summed E-state index contributed by atoms with van der Waals surface area (Å²) < 4.78 is 0. The minimum absolute atomic E-state index is 1.10. The molecule has 0 saturated carbocycles. The Hall–Kier alpha value is -1.02. The number of hydrazine groups is 1. The van der Waals surface area contributed by atoms with Gasteiger partial charge in [-0.1, -0.05) is 23.8 Å². The summed E-state index contributed by atoms with van der Waals surface area (Å²) in [6, 6.07) is 0. The van der Waals surface area contributed by atoms with Gasteiger partial charge in [0.25, 0.3) is 0 Å². The van der Waals surface area contributed by atoms with Gasteiger partial charge in [0.05, 0.1) is 5.70 Å². The van der Waals surface area contributed by atoms with Crippen LogP contribution in [-0.4, -0.2) is 0 Å². The lowest BCUT2D eigenvalue weighted by atomic mass is 9.88. The first-order valence-corrected chi connectivity index (χ1v) is 4.47. The predicted octanol–water partition coefficient (Wildman–Crippen LogP) is 1.77. The van der Waals surface area contributed by atoms with Crippen molar-refractivity contribution in [2.45, 2.75) is 25.7 Å². The topological polar surface area (TPSA) is 38.0 Å². The zero-order valence-corrected chi connectivity index (χ0v) is 7.14. The predicted molar refractivity (Wildman–Crippen MR) is 50.0 cm³/mol. The largest absolute Gasteiger partial charge is 0.324 e. The van der Waals surface area contributed by atoms with Crippen LogP contribution in [-0.2, 0) is 0 Å². The van der Waals surface area contributed by atoms with Crippen molar-refractivity contribution < 1.29 is 0 Å². The second kappa shape index (κ2) is 3.15. The molecule has 2 aliphatic carbocycles. The minimum Gasteiger partial charge on any atom is -0.324 e. The van der Waals surface area contributed by atoms with Crippen molar-refractivity contribution in [2.75, 3.05) is 0 Å². The monoisotopic (exact) mass is 162 g/mol. The van der Waals surface area contributed by atoms with Crippen LogP contribution in [0.1, 0.15) is 25.7 Å². The van der Waals surface area contributed by atoms with Crippen LogP contribution in [0.3, 0.4) is 0 Å². The third-order valence-corrected chi connectivity index (χ3v) is 2.52. The van der Waals surface area contributed by atoms with Gasteiger partial charge in [0.1, 0.15) is 0 Å². The molecule has 0 fully saturated rings. The Labute approximate surface area is 72.8 Å². The number of hydrogen-bond acceptors (Lipinski definition) is 2. The Balaban J connectivity index is 2.33. The lowest BCUT2D eigenvalue weighted by Crippen LogP contribution is -2.24. The van der Waals surface area contributed by atoms with Crippen LogP contribution < -0.4 is 11.3 Å². The molecule has 64 valence electrons. The zero-order chi connectivity index (χ0) is 8.39. The molecule has 0 aromatic carbocycles. The molecule has 2 rings (SSSR count). The van der Waals surface area contributed by atoms with Crippen LogP contribution in [0.2, 0.25) is 0 Å². The van der Waals surface area contributed by atoms with Gasteiger partial charge in [-0.25, -0.2) is 0 Å². The summed E-state index contributed by atoms with van der Waals surface area (Å²) in [4.78, 5) is 0. The highest BCUT2D eigenvalue weighted by Crippen LogP contribution is 2.30. The molecule has 0 aromatic rings. The molecule has 0 bridgehead atoms.